The number of methoxy groups -OCH3 is 2. The predicted octanol–water partition coefficient (Wildman–Crippen LogP) is 2.35. The van der Waals surface area contributed by atoms with Crippen LogP contribution in [0.4, 0.5) is 0 Å². The van der Waals surface area contributed by atoms with Crippen molar-refractivity contribution in [1.29, 1.82) is 0 Å². The summed E-state index contributed by atoms with van der Waals surface area (Å²) in [6.07, 6.45) is 4.69. The minimum atomic E-state index is 0.0755. The van der Waals surface area contributed by atoms with E-state index in [1.807, 2.05) is 18.2 Å². The molecule has 0 aliphatic heterocycles. The Bertz CT molecular complexity index is 428. The molecule has 1 aromatic rings. The molecule has 0 spiro atoms. The highest BCUT2D eigenvalue weighted by atomic mass is 16.5. The molecule has 0 unspecified atom stereocenters. The van der Waals surface area contributed by atoms with Gasteiger partial charge in [-0.3, -0.25) is 0 Å². The van der Waals surface area contributed by atoms with E-state index in [2.05, 4.69) is 5.32 Å². The third-order valence-electron chi connectivity index (χ3n) is 4.30. The number of aliphatic hydroxyl groups is 1. The number of benzene rings is 1. The lowest BCUT2D eigenvalue weighted by Gasteiger charge is -2.27. The fourth-order valence-corrected chi connectivity index (χ4v) is 3.07. The highest BCUT2D eigenvalue weighted by Crippen LogP contribution is 2.37. The zero-order valence-electron chi connectivity index (χ0n) is 12.4. The average Bonchev–Trinajstić information content (AvgIpc) is 2.96. The van der Waals surface area contributed by atoms with E-state index in [9.17, 15) is 5.11 Å². The summed E-state index contributed by atoms with van der Waals surface area (Å²) in [7, 11) is 3.31. The van der Waals surface area contributed by atoms with Gasteiger partial charge in [0.15, 0.2) is 11.5 Å². The highest BCUT2D eigenvalue weighted by molar-refractivity contribution is 5.46. The fraction of sp³-hybridized carbons (Fsp3) is 0.625. The van der Waals surface area contributed by atoms with E-state index in [0.717, 1.165) is 43.0 Å². The van der Waals surface area contributed by atoms with Crippen LogP contribution < -0.4 is 14.8 Å². The Morgan fingerprint density at radius 3 is 2.55 bits per heavy atom. The molecule has 20 heavy (non-hydrogen) atoms. The molecule has 1 aliphatic rings. The molecule has 0 atom stereocenters. The van der Waals surface area contributed by atoms with Crippen LogP contribution in [-0.2, 0) is 6.54 Å². The summed E-state index contributed by atoms with van der Waals surface area (Å²) in [5, 5.41) is 13.1. The number of hydrogen-bond acceptors (Lipinski definition) is 4. The largest absolute Gasteiger partial charge is 0.493 e. The third-order valence-corrected chi connectivity index (χ3v) is 4.30. The Morgan fingerprint density at radius 1 is 1.20 bits per heavy atom. The predicted molar refractivity (Wildman–Crippen MR) is 79.2 cm³/mol. The molecule has 2 rings (SSSR count). The summed E-state index contributed by atoms with van der Waals surface area (Å²) in [5.74, 6) is 1.54. The summed E-state index contributed by atoms with van der Waals surface area (Å²) in [6, 6.07) is 5.90. The Kier molecular flexibility index (Phi) is 5.26. The molecule has 1 aromatic carbocycles. The number of aliphatic hydroxyl groups excluding tert-OH is 1. The molecular formula is C16H25NO3. The van der Waals surface area contributed by atoms with Crippen LogP contribution in [0.1, 0.15) is 31.2 Å². The quantitative estimate of drug-likeness (QED) is 0.804. The lowest BCUT2D eigenvalue weighted by atomic mass is 9.87. The van der Waals surface area contributed by atoms with Gasteiger partial charge < -0.3 is 19.9 Å². The summed E-state index contributed by atoms with van der Waals surface area (Å²) in [4.78, 5) is 0. The first-order valence-corrected chi connectivity index (χ1v) is 7.26. The molecule has 1 fully saturated rings. The SMILES string of the molecule is COc1cccc(CNCC2(CO)CCCC2)c1OC. The van der Waals surface area contributed by atoms with Gasteiger partial charge in [-0.15, -0.1) is 0 Å². The smallest absolute Gasteiger partial charge is 0.165 e. The summed E-state index contributed by atoms with van der Waals surface area (Å²) in [6.45, 7) is 1.85. The second-order valence-corrected chi connectivity index (χ2v) is 5.62. The van der Waals surface area contributed by atoms with Crippen molar-refractivity contribution in [3.8, 4) is 11.5 Å². The Balaban J connectivity index is 1.97. The van der Waals surface area contributed by atoms with Gasteiger partial charge in [0.1, 0.15) is 0 Å². The van der Waals surface area contributed by atoms with Crippen molar-refractivity contribution in [2.75, 3.05) is 27.4 Å². The Labute approximate surface area is 121 Å². The molecule has 0 bridgehead atoms. The van der Waals surface area contributed by atoms with E-state index in [4.69, 9.17) is 9.47 Å². The van der Waals surface area contributed by atoms with E-state index < -0.39 is 0 Å². The monoisotopic (exact) mass is 279 g/mol. The van der Waals surface area contributed by atoms with Gasteiger partial charge in [-0.1, -0.05) is 25.0 Å². The van der Waals surface area contributed by atoms with Crippen molar-refractivity contribution in [3.05, 3.63) is 23.8 Å². The second kappa shape index (κ2) is 6.95. The fourth-order valence-electron chi connectivity index (χ4n) is 3.07. The lowest BCUT2D eigenvalue weighted by molar-refractivity contribution is 0.128. The Hall–Kier alpha value is -1.26. The first kappa shape index (κ1) is 15.1. The molecule has 0 heterocycles. The van der Waals surface area contributed by atoms with Gasteiger partial charge in [0.2, 0.25) is 0 Å². The molecule has 4 heteroatoms. The summed E-state index contributed by atoms with van der Waals surface area (Å²) in [5.41, 5.74) is 1.16. The average molecular weight is 279 g/mol. The van der Waals surface area contributed by atoms with E-state index in [0.29, 0.717) is 0 Å². The van der Waals surface area contributed by atoms with Crippen LogP contribution in [0.25, 0.3) is 0 Å². The summed E-state index contributed by atoms with van der Waals surface area (Å²) < 4.78 is 10.7. The first-order chi connectivity index (χ1) is 9.74. The van der Waals surface area contributed by atoms with E-state index in [-0.39, 0.29) is 12.0 Å². The van der Waals surface area contributed by atoms with Crippen molar-refractivity contribution >= 4 is 0 Å². The number of hydrogen-bond donors (Lipinski definition) is 2. The van der Waals surface area contributed by atoms with Crippen LogP contribution in [0.5, 0.6) is 11.5 Å². The molecule has 0 radical (unpaired) electrons. The number of nitrogens with one attached hydrogen (secondary N) is 1. The minimum absolute atomic E-state index is 0.0755. The lowest BCUT2D eigenvalue weighted by Crippen LogP contribution is -2.34. The molecule has 0 amide bonds. The van der Waals surface area contributed by atoms with Crippen LogP contribution in [0.15, 0.2) is 18.2 Å². The van der Waals surface area contributed by atoms with Gasteiger partial charge in [-0.05, 0) is 18.9 Å². The van der Waals surface area contributed by atoms with Gasteiger partial charge in [-0.2, -0.15) is 0 Å². The van der Waals surface area contributed by atoms with Crippen molar-refractivity contribution in [1.82, 2.24) is 5.32 Å². The number of para-hydroxylation sites is 1. The van der Waals surface area contributed by atoms with Gasteiger partial charge in [-0.25, -0.2) is 0 Å². The van der Waals surface area contributed by atoms with Gasteiger partial charge in [0.05, 0.1) is 14.2 Å². The van der Waals surface area contributed by atoms with Crippen LogP contribution in [-0.4, -0.2) is 32.5 Å². The maximum Gasteiger partial charge on any atom is 0.165 e. The van der Waals surface area contributed by atoms with E-state index >= 15 is 0 Å². The molecule has 4 nitrogen and oxygen atoms in total. The maximum absolute atomic E-state index is 9.61. The van der Waals surface area contributed by atoms with Crippen LogP contribution in [0.3, 0.4) is 0 Å². The normalized spacial score (nSPS) is 17.1. The van der Waals surface area contributed by atoms with Crippen molar-refractivity contribution in [3.63, 3.8) is 0 Å². The maximum atomic E-state index is 9.61. The molecule has 0 aromatic heterocycles. The van der Waals surface area contributed by atoms with Crippen molar-refractivity contribution in [2.45, 2.75) is 32.2 Å². The number of ether oxygens (including phenoxy) is 2. The highest BCUT2D eigenvalue weighted by Gasteiger charge is 2.32. The summed E-state index contributed by atoms with van der Waals surface area (Å²) >= 11 is 0. The molecule has 1 aliphatic carbocycles. The second-order valence-electron chi connectivity index (χ2n) is 5.62. The van der Waals surface area contributed by atoms with Crippen molar-refractivity contribution in [2.24, 2.45) is 5.41 Å². The van der Waals surface area contributed by atoms with Crippen LogP contribution >= 0.6 is 0 Å². The van der Waals surface area contributed by atoms with Crippen LogP contribution in [0.2, 0.25) is 0 Å². The molecular weight excluding hydrogens is 254 g/mol. The number of rotatable bonds is 7. The first-order valence-electron chi connectivity index (χ1n) is 7.26. The molecule has 1 saturated carbocycles. The molecule has 112 valence electrons. The third kappa shape index (κ3) is 3.25. The van der Waals surface area contributed by atoms with Gasteiger partial charge in [0.25, 0.3) is 0 Å². The Morgan fingerprint density at radius 2 is 1.95 bits per heavy atom. The molecule has 0 saturated heterocycles. The topological polar surface area (TPSA) is 50.7 Å². The zero-order valence-corrected chi connectivity index (χ0v) is 12.4. The van der Waals surface area contributed by atoms with Crippen molar-refractivity contribution < 1.29 is 14.6 Å². The van der Waals surface area contributed by atoms with Gasteiger partial charge >= 0.3 is 0 Å². The molecule has 2 N–H and O–H groups in total. The van der Waals surface area contributed by atoms with Crippen LogP contribution in [0, 0.1) is 5.41 Å². The van der Waals surface area contributed by atoms with E-state index in [1.165, 1.54) is 12.8 Å². The zero-order chi connectivity index (χ0) is 14.4. The van der Waals surface area contributed by atoms with E-state index in [1.54, 1.807) is 14.2 Å². The minimum Gasteiger partial charge on any atom is -0.493 e. The standard InChI is InChI=1S/C16H25NO3/c1-19-14-7-5-6-13(15(14)20-2)10-17-11-16(12-18)8-3-4-9-16/h5-7,17-18H,3-4,8-12H2,1-2H3. The van der Waals surface area contributed by atoms with Gasteiger partial charge in [0, 0.05) is 30.7 Å².